The smallest absolute Gasteiger partial charge is 0.0963 e. The normalized spacial score (nSPS) is 17.1. The van der Waals surface area contributed by atoms with Crippen LogP contribution < -0.4 is 5.46 Å². The first-order chi connectivity index (χ1) is 24.2. The van der Waals surface area contributed by atoms with E-state index in [1.165, 1.54) is 114 Å². The van der Waals surface area contributed by atoms with Crippen LogP contribution in [0.1, 0.15) is 75.3 Å². The summed E-state index contributed by atoms with van der Waals surface area (Å²) in [7, 11) is 6.67. The standard InChI is InChI=1S/C48H31B/c49-30-21-23-36-38-27-45-37(26-46(38)48(44(36)25-30)41-18-7-3-14-33(41)34-15-4-8-19-42(34)48)35-22-20-29(28-10-9-11-28)24-43(35)47(45)39-16-5-1-12-31(39)32-13-2-6-17-40(32)47/h1-8,12-28H,9-11H2. The van der Waals surface area contributed by atoms with E-state index in [1.807, 2.05) is 0 Å². The molecule has 7 aromatic carbocycles. The summed E-state index contributed by atoms with van der Waals surface area (Å²) in [6, 6.07) is 55.8. The summed E-state index contributed by atoms with van der Waals surface area (Å²) in [5.41, 5.74) is 23.3. The van der Waals surface area contributed by atoms with Crippen molar-refractivity contribution in [1.82, 2.24) is 0 Å². The van der Waals surface area contributed by atoms with Crippen LogP contribution in [0.25, 0.3) is 44.5 Å². The van der Waals surface area contributed by atoms with E-state index in [2.05, 4.69) is 146 Å². The van der Waals surface area contributed by atoms with Crippen LogP contribution in [0.3, 0.4) is 0 Å². The Morgan fingerprint density at radius 3 is 1.20 bits per heavy atom. The van der Waals surface area contributed by atoms with Crippen LogP contribution in [-0.2, 0) is 10.8 Å². The Morgan fingerprint density at radius 2 is 0.755 bits per heavy atom. The number of hydrogen-bond acceptors (Lipinski definition) is 0. The van der Waals surface area contributed by atoms with E-state index in [-0.39, 0.29) is 5.41 Å². The van der Waals surface area contributed by atoms with Gasteiger partial charge in [0.1, 0.15) is 7.85 Å². The van der Waals surface area contributed by atoms with E-state index in [0.29, 0.717) is 5.92 Å². The van der Waals surface area contributed by atoms with Gasteiger partial charge in [0.2, 0.25) is 0 Å². The van der Waals surface area contributed by atoms with Crippen LogP contribution in [-0.4, -0.2) is 7.85 Å². The molecule has 0 N–H and O–H groups in total. The molecule has 0 saturated heterocycles. The average Bonchev–Trinajstić information content (AvgIpc) is 3.78. The van der Waals surface area contributed by atoms with Crippen molar-refractivity contribution in [3.63, 3.8) is 0 Å². The lowest BCUT2D eigenvalue weighted by Crippen LogP contribution is -2.28. The molecule has 1 saturated carbocycles. The van der Waals surface area contributed by atoms with Crippen LogP contribution in [0, 0.1) is 0 Å². The van der Waals surface area contributed by atoms with Crippen molar-refractivity contribution in [2.75, 3.05) is 0 Å². The molecule has 0 aromatic heterocycles. The van der Waals surface area contributed by atoms with Crippen molar-refractivity contribution >= 4 is 13.3 Å². The van der Waals surface area contributed by atoms with Gasteiger partial charge in [-0.25, -0.2) is 0 Å². The highest BCUT2D eigenvalue weighted by Crippen LogP contribution is 2.68. The van der Waals surface area contributed by atoms with E-state index in [1.54, 1.807) is 0 Å². The first-order valence-corrected chi connectivity index (χ1v) is 17.8. The maximum Gasteiger partial charge on any atom is 0.113 e. The fraction of sp³-hybridized carbons (Fsp3) is 0.125. The zero-order valence-corrected chi connectivity index (χ0v) is 27.1. The third kappa shape index (κ3) is 2.94. The highest BCUT2D eigenvalue weighted by molar-refractivity contribution is 6.32. The zero-order valence-electron chi connectivity index (χ0n) is 27.1. The summed E-state index contributed by atoms with van der Waals surface area (Å²) in [6.45, 7) is 0. The highest BCUT2D eigenvalue weighted by Gasteiger charge is 2.56. The molecular formula is C48H31B. The molecule has 2 radical (unpaired) electrons. The topological polar surface area (TPSA) is 0 Å². The predicted octanol–water partition coefficient (Wildman–Crippen LogP) is 10.4. The molecule has 5 aliphatic rings. The molecule has 226 valence electrons. The molecule has 0 bridgehead atoms. The molecule has 12 rings (SSSR count). The van der Waals surface area contributed by atoms with E-state index < -0.39 is 5.41 Å². The van der Waals surface area contributed by atoms with Crippen molar-refractivity contribution in [2.24, 2.45) is 0 Å². The lowest BCUT2D eigenvalue weighted by atomic mass is 9.68. The largest absolute Gasteiger partial charge is 0.113 e. The summed E-state index contributed by atoms with van der Waals surface area (Å²) < 4.78 is 0. The van der Waals surface area contributed by atoms with E-state index >= 15 is 0 Å². The van der Waals surface area contributed by atoms with Crippen molar-refractivity contribution in [1.29, 1.82) is 0 Å². The van der Waals surface area contributed by atoms with Gasteiger partial charge >= 0.3 is 0 Å². The second-order valence-electron chi connectivity index (χ2n) is 14.9. The highest BCUT2D eigenvalue weighted by atomic mass is 14.6. The summed E-state index contributed by atoms with van der Waals surface area (Å²) in [6.07, 6.45) is 3.92. The third-order valence-corrected chi connectivity index (χ3v) is 12.9. The van der Waals surface area contributed by atoms with Gasteiger partial charge in [0.15, 0.2) is 0 Å². The van der Waals surface area contributed by atoms with E-state index in [4.69, 9.17) is 7.85 Å². The quantitative estimate of drug-likeness (QED) is 0.161. The van der Waals surface area contributed by atoms with Crippen LogP contribution in [0.4, 0.5) is 0 Å². The Kier molecular flexibility index (Phi) is 4.87. The lowest BCUT2D eigenvalue weighted by Gasteiger charge is -2.33. The van der Waals surface area contributed by atoms with Crippen LogP contribution in [0.5, 0.6) is 0 Å². The Hall–Kier alpha value is -5.40. The molecule has 1 fully saturated rings. The lowest BCUT2D eigenvalue weighted by molar-refractivity contribution is 0.419. The fourth-order valence-corrected chi connectivity index (χ4v) is 10.8. The Labute approximate surface area is 288 Å². The van der Waals surface area contributed by atoms with Gasteiger partial charge < -0.3 is 0 Å². The van der Waals surface area contributed by atoms with Gasteiger partial charge in [0.05, 0.1) is 10.8 Å². The molecule has 0 unspecified atom stereocenters. The van der Waals surface area contributed by atoms with Gasteiger partial charge in [-0.3, -0.25) is 0 Å². The van der Waals surface area contributed by atoms with E-state index in [0.717, 1.165) is 5.46 Å². The van der Waals surface area contributed by atoms with Gasteiger partial charge in [-0.1, -0.05) is 145 Å². The van der Waals surface area contributed by atoms with Crippen LogP contribution in [0.15, 0.2) is 146 Å². The molecule has 0 nitrogen and oxygen atoms in total. The summed E-state index contributed by atoms with van der Waals surface area (Å²) in [4.78, 5) is 0. The molecule has 7 aromatic rings. The zero-order chi connectivity index (χ0) is 32.1. The summed E-state index contributed by atoms with van der Waals surface area (Å²) in [5.74, 6) is 0.662. The molecule has 1 heteroatoms. The Bertz CT molecular complexity index is 2530. The SMILES string of the molecule is [B]c1ccc2c(c1)C1(c3ccccc3-c3ccccc31)c1cc3c(cc1-2)C1(c2ccccc2-c2ccccc21)c1cc(C2CCC2)ccc1-3. The number of fused-ring (bicyclic) bond motifs is 20. The van der Waals surface area contributed by atoms with Crippen molar-refractivity contribution < 1.29 is 0 Å². The molecule has 0 heterocycles. The number of hydrogen-bond donors (Lipinski definition) is 0. The van der Waals surface area contributed by atoms with Crippen molar-refractivity contribution in [3.8, 4) is 44.5 Å². The van der Waals surface area contributed by atoms with Gasteiger partial charge in [-0.2, -0.15) is 0 Å². The van der Waals surface area contributed by atoms with E-state index in [9.17, 15) is 0 Å². The van der Waals surface area contributed by atoms with Gasteiger partial charge in [-0.15, -0.1) is 0 Å². The van der Waals surface area contributed by atoms with Crippen molar-refractivity contribution in [3.05, 3.63) is 196 Å². The Balaban J connectivity index is 1.25. The van der Waals surface area contributed by atoms with Crippen LogP contribution in [0.2, 0.25) is 0 Å². The fourth-order valence-electron chi connectivity index (χ4n) is 10.8. The minimum atomic E-state index is -0.435. The maximum absolute atomic E-state index is 6.67. The minimum Gasteiger partial charge on any atom is -0.0963 e. The van der Waals surface area contributed by atoms with Crippen molar-refractivity contribution in [2.45, 2.75) is 36.0 Å². The first-order valence-electron chi connectivity index (χ1n) is 17.8. The third-order valence-electron chi connectivity index (χ3n) is 12.9. The number of benzene rings is 7. The van der Waals surface area contributed by atoms with Gasteiger partial charge in [0, 0.05) is 0 Å². The minimum absolute atomic E-state index is 0.373. The number of rotatable bonds is 1. The molecule has 5 aliphatic carbocycles. The molecule has 0 amide bonds. The second kappa shape index (κ2) is 8.98. The predicted molar refractivity (Wildman–Crippen MR) is 201 cm³/mol. The molecular weight excluding hydrogens is 587 g/mol. The summed E-state index contributed by atoms with van der Waals surface area (Å²) in [5, 5.41) is 0. The average molecular weight is 619 g/mol. The first kappa shape index (κ1) is 26.5. The second-order valence-corrected chi connectivity index (χ2v) is 14.9. The van der Waals surface area contributed by atoms with Crippen LogP contribution >= 0.6 is 0 Å². The molecule has 2 spiro atoms. The maximum atomic E-state index is 6.67. The Morgan fingerprint density at radius 1 is 0.367 bits per heavy atom. The molecule has 0 aliphatic heterocycles. The molecule has 0 atom stereocenters. The van der Waals surface area contributed by atoms with Gasteiger partial charge in [-0.05, 0) is 125 Å². The summed E-state index contributed by atoms with van der Waals surface area (Å²) >= 11 is 0. The monoisotopic (exact) mass is 618 g/mol. The van der Waals surface area contributed by atoms with Gasteiger partial charge in [0.25, 0.3) is 0 Å². The molecule has 49 heavy (non-hydrogen) atoms.